The Labute approximate surface area is 104 Å². The van der Waals surface area contributed by atoms with Crippen LogP contribution in [-0.4, -0.2) is 18.1 Å². The van der Waals surface area contributed by atoms with E-state index in [9.17, 15) is 4.39 Å². The minimum atomic E-state index is -0.267. The summed E-state index contributed by atoms with van der Waals surface area (Å²) in [5.41, 5.74) is 2.73. The van der Waals surface area contributed by atoms with Gasteiger partial charge in [-0.3, -0.25) is 9.98 Å². The molecule has 0 saturated heterocycles. The molecule has 1 aliphatic rings. The minimum Gasteiger partial charge on any atom is -0.279 e. The van der Waals surface area contributed by atoms with Gasteiger partial charge in [-0.05, 0) is 30.7 Å². The van der Waals surface area contributed by atoms with E-state index in [0.717, 1.165) is 10.9 Å². The van der Waals surface area contributed by atoms with Crippen LogP contribution in [0, 0.1) is 12.7 Å². The molecule has 0 fully saturated rings. The smallest absolute Gasteiger partial charge is 0.173 e. The zero-order valence-corrected chi connectivity index (χ0v) is 10.0. The highest BCUT2D eigenvalue weighted by atomic mass is 19.1. The molecule has 0 atom stereocenters. The van der Waals surface area contributed by atoms with Crippen LogP contribution in [0.15, 0.2) is 40.3 Å². The lowest BCUT2D eigenvalue weighted by molar-refractivity contribution is 0.630. The number of pyridine rings is 1. The number of aryl methyl sites for hydroxylation is 1. The van der Waals surface area contributed by atoms with Gasteiger partial charge < -0.3 is 0 Å². The topological polar surface area (TPSA) is 37.6 Å². The van der Waals surface area contributed by atoms with E-state index in [1.54, 1.807) is 18.2 Å². The first-order chi connectivity index (χ1) is 8.75. The summed E-state index contributed by atoms with van der Waals surface area (Å²) in [5.74, 6) is -0.267. The van der Waals surface area contributed by atoms with Gasteiger partial charge >= 0.3 is 0 Å². The van der Waals surface area contributed by atoms with Crippen LogP contribution in [0.2, 0.25) is 0 Å². The molecule has 0 amide bonds. The van der Waals surface area contributed by atoms with E-state index in [0.29, 0.717) is 29.8 Å². The molecule has 0 N–H and O–H groups in total. The van der Waals surface area contributed by atoms with Gasteiger partial charge in [0, 0.05) is 5.56 Å². The second-order valence-electron chi connectivity index (χ2n) is 4.24. The Morgan fingerprint density at radius 1 is 1.11 bits per heavy atom. The molecule has 2 aromatic rings. The Kier molecular flexibility index (Phi) is 2.63. The number of fused-ring (bicyclic) bond motifs is 1. The Morgan fingerprint density at radius 2 is 1.89 bits per heavy atom. The summed E-state index contributed by atoms with van der Waals surface area (Å²) < 4.78 is 13.7. The summed E-state index contributed by atoms with van der Waals surface area (Å²) in [6, 6.07) is 8.50. The summed E-state index contributed by atoms with van der Waals surface area (Å²) in [6.07, 6.45) is 0. The van der Waals surface area contributed by atoms with Gasteiger partial charge in [0.05, 0.1) is 18.8 Å². The van der Waals surface area contributed by atoms with Crippen molar-refractivity contribution in [1.29, 1.82) is 0 Å². The largest absolute Gasteiger partial charge is 0.279 e. The molecule has 90 valence electrons. The van der Waals surface area contributed by atoms with Crippen molar-refractivity contribution < 1.29 is 4.39 Å². The molecular weight excluding hydrogens is 229 g/mol. The fraction of sp³-hybridized carbons (Fsp3) is 0.214. The second-order valence-corrected chi connectivity index (χ2v) is 4.24. The molecule has 0 bridgehead atoms. The second kappa shape index (κ2) is 4.29. The summed E-state index contributed by atoms with van der Waals surface area (Å²) in [4.78, 5) is 13.1. The number of nitrogens with zero attached hydrogens (tertiary/aromatic N) is 3. The van der Waals surface area contributed by atoms with Crippen LogP contribution in [0.3, 0.4) is 0 Å². The molecule has 1 aromatic carbocycles. The molecule has 0 spiro atoms. The normalized spacial score (nSPS) is 13.4. The van der Waals surface area contributed by atoms with E-state index >= 15 is 0 Å². The lowest BCUT2D eigenvalue weighted by Crippen LogP contribution is -2.35. The van der Waals surface area contributed by atoms with Crippen molar-refractivity contribution in [3.8, 4) is 11.3 Å². The average Bonchev–Trinajstić information content (AvgIpc) is 2.39. The van der Waals surface area contributed by atoms with E-state index in [4.69, 9.17) is 0 Å². The Balaban J connectivity index is 2.28. The molecule has 18 heavy (non-hydrogen) atoms. The van der Waals surface area contributed by atoms with E-state index in [-0.39, 0.29) is 5.82 Å². The molecule has 0 radical (unpaired) electrons. The van der Waals surface area contributed by atoms with Crippen LogP contribution in [-0.2, 0) is 0 Å². The van der Waals surface area contributed by atoms with Crippen molar-refractivity contribution in [2.75, 3.05) is 13.1 Å². The highest BCUT2D eigenvalue weighted by Gasteiger charge is 2.09. The number of benzene rings is 1. The van der Waals surface area contributed by atoms with Crippen LogP contribution in [0.25, 0.3) is 11.3 Å². The minimum absolute atomic E-state index is 0.267. The molecule has 0 unspecified atom stereocenters. The van der Waals surface area contributed by atoms with Gasteiger partial charge in [0.15, 0.2) is 5.49 Å². The lowest BCUT2D eigenvalue weighted by atomic mass is 10.1. The highest BCUT2D eigenvalue weighted by molar-refractivity contribution is 5.60. The third-order valence-electron chi connectivity index (χ3n) is 2.95. The number of hydrogen-bond donors (Lipinski definition) is 0. The maximum atomic E-state index is 13.7. The first-order valence-electron chi connectivity index (χ1n) is 5.87. The van der Waals surface area contributed by atoms with Gasteiger partial charge in [0.1, 0.15) is 11.2 Å². The van der Waals surface area contributed by atoms with E-state index in [1.807, 2.05) is 13.0 Å². The SMILES string of the molecule is Cc1cc(-c2ccccc2F)nc2c1=NCCN=2. The van der Waals surface area contributed by atoms with Gasteiger partial charge in [-0.25, -0.2) is 9.37 Å². The fourth-order valence-electron chi connectivity index (χ4n) is 2.08. The summed E-state index contributed by atoms with van der Waals surface area (Å²) in [5, 5.41) is 0.835. The van der Waals surface area contributed by atoms with Gasteiger partial charge in [-0.1, -0.05) is 12.1 Å². The molecule has 1 aromatic heterocycles. The first-order valence-corrected chi connectivity index (χ1v) is 5.87. The summed E-state index contributed by atoms with van der Waals surface area (Å²) in [7, 11) is 0. The van der Waals surface area contributed by atoms with Gasteiger partial charge in [-0.15, -0.1) is 0 Å². The zero-order chi connectivity index (χ0) is 12.5. The van der Waals surface area contributed by atoms with Crippen LogP contribution >= 0.6 is 0 Å². The van der Waals surface area contributed by atoms with Crippen molar-refractivity contribution in [1.82, 2.24) is 4.98 Å². The number of halogens is 1. The zero-order valence-electron chi connectivity index (χ0n) is 10.0. The molecule has 4 heteroatoms. The Morgan fingerprint density at radius 3 is 2.72 bits per heavy atom. The van der Waals surface area contributed by atoms with Crippen molar-refractivity contribution in [3.05, 3.63) is 52.6 Å². The highest BCUT2D eigenvalue weighted by Crippen LogP contribution is 2.19. The third-order valence-corrected chi connectivity index (χ3v) is 2.95. The Bertz CT molecular complexity index is 722. The van der Waals surface area contributed by atoms with Gasteiger partial charge in [-0.2, -0.15) is 0 Å². The van der Waals surface area contributed by atoms with Gasteiger partial charge in [0.2, 0.25) is 0 Å². The predicted molar refractivity (Wildman–Crippen MR) is 66.4 cm³/mol. The molecular formula is C14H12FN3. The van der Waals surface area contributed by atoms with Crippen molar-refractivity contribution in [2.24, 2.45) is 9.98 Å². The molecule has 0 saturated carbocycles. The number of aromatic nitrogens is 1. The maximum absolute atomic E-state index is 13.7. The molecule has 1 aliphatic heterocycles. The van der Waals surface area contributed by atoms with E-state index in [2.05, 4.69) is 15.0 Å². The third kappa shape index (κ3) is 1.79. The Hall–Kier alpha value is -2.10. The van der Waals surface area contributed by atoms with Gasteiger partial charge in [0.25, 0.3) is 0 Å². The quantitative estimate of drug-likeness (QED) is 0.744. The molecule has 2 heterocycles. The lowest BCUT2D eigenvalue weighted by Gasteiger charge is -2.06. The summed E-state index contributed by atoms with van der Waals surface area (Å²) in [6.45, 7) is 3.31. The number of hydrogen-bond acceptors (Lipinski definition) is 3. The fourth-order valence-corrected chi connectivity index (χ4v) is 2.08. The molecule has 3 nitrogen and oxygen atoms in total. The van der Waals surface area contributed by atoms with Crippen molar-refractivity contribution in [3.63, 3.8) is 0 Å². The predicted octanol–water partition coefficient (Wildman–Crippen LogP) is 1.45. The average molecular weight is 241 g/mol. The van der Waals surface area contributed by atoms with Crippen LogP contribution in [0.4, 0.5) is 4.39 Å². The monoisotopic (exact) mass is 241 g/mol. The van der Waals surface area contributed by atoms with E-state index < -0.39 is 0 Å². The first kappa shape index (κ1) is 11.0. The van der Waals surface area contributed by atoms with E-state index in [1.165, 1.54) is 6.07 Å². The number of rotatable bonds is 1. The molecule has 0 aliphatic carbocycles. The van der Waals surface area contributed by atoms with Crippen LogP contribution < -0.4 is 10.8 Å². The summed E-state index contributed by atoms with van der Waals surface area (Å²) >= 11 is 0. The van der Waals surface area contributed by atoms with Crippen LogP contribution in [0.5, 0.6) is 0 Å². The van der Waals surface area contributed by atoms with Crippen LogP contribution in [0.1, 0.15) is 5.56 Å². The standard InChI is InChI=1S/C14H12FN3/c1-9-8-12(10-4-2-3-5-11(10)15)18-14-13(9)16-6-7-17-14/h2-5,8H,6-7H2,1H3. The van der Waals surface area contributed by atoms with Crippen molar-refractivity contribution in [2.45, 2.75) is 6.92 Å². The van der Waals surface area contributed by atoms with Crippen molar-refractivity contribution >= 4 is 0 Å². The maximum Gasteiger partial charge on any atom is 0.173 e. The molecule has 3 rings (SSSR count).